The highest BCUT2D eigenvalue weighted by Crippen LogP contribution is 2.49. The van der Waals surface area contributed by atoms with E-state index in [1.54, 1.807) is 76.1 Å². The summed E-state index contributed by atoms with van der Waals surface area (Å²) in [6, 6.07) is 7.10. The van der Waals surface area contributed by atoms with E-state index in [1.165, 1.54) is 46.3 Å². The molecule has 1 saturated heterocycles. The number of aliphatic hydroxyl groups excluding tert-OH is 2. The van der Waals surface area contributed by atoms with Crippen molar-refractivity contribution >= 4 is 29.4 Å². The first-order valence-electron chi connectivity index (χ1n) is 21.6. The number of hydrogen-bond donors (Lipinski definition) is 5. The molecule has 65 heavy (non-hydrogen) atoms. The quantitative estimate of drug-likeness (QED) is 0.266. The van der Waals surface area contributed by atoms with Crippen molar-refractivity contribution in [2.45, 2.75) is 85.2 Å². The first-order chi connectivity index (χ1) is 30.8. The molecule has 0 saturated carbocycles. The van der Waals surface area contributed by atoms with E-state index < -0.39 is 94.5 Å². The van der Waals surface area contributed by atoms with Crippen LogP contribution in [0.5, 0.6) is 17.2 Å². The number of Topliss-reactive ketones (excluding diaryl/α,β-unsaturated/α-hetero) is 3. The Balaban J connectivity index is 1.41. The number of ether oxygens (including phenoxy) is 6. The second kappa shape index (κ2) is 20.0. The molecule has 17 nitrogen and oxygen atoms in total. The molecule has 5 N–H and O–H groups in total. The topological polar surface area (TPSA) is 229 Å². The van der Waals surface area contributed by atoms with E-state index in [-0.39, 0.29) is 72.3 Å². The molecule has 5 aliphatic rings. The number of amides is 2. The Bertz CT molecular complexity index is 2310. The lowest BCUT2D eigenvalue weighted by atomic mass is 9.78. The van der Waals surface area contributed by atoms with E-state index in [9.17, 15) is 39.3 Å². The van der Waals surface area contributed by atoms with Crippen LogP contribution in [0.4, 0.5) is 4.79 Å². The summed E-state index contributed by atoms with van der Waals surface area (Å²) in [5.74, 6) is -8.25. The van der Waals surface area contributed by atoms with Crippen molar-refractivity contribution in [2.75, 3.05) is 40.5 Å². The van der Waals surface area contributed by atoms with E-state index >= 15 is 0 Å². The summed E-state index contributed by atoms with van der Waals surface area (Å²) in [6.07, 6.45) is 2.32. The Morgan fingerprint density at radius 3 is 2.23 bits per heavy atom. The number of rotatable bonds is 6. The number of nitrogens with zero attached hydrogens (tertiary/aromatic N) is 1. The number of carbonyl (C=O) groups is 5. The van der Waals surface area contributed by atoms with E-state index in [0.717, 1.165) is 5.56 Å². The van der Waals surface area contributed by atoms with Gasteiger partial charge in [-0.3, -0.25) is 19.2 Å². The van der Waals surface area contributed by atoms with Crippen molar-refractivity contribution < 1.29 is 67.7 Å². The van der Waals surface area contributed by atoms with E-state index in [0.29, 0.717) is 5.75 Å². The van der Waals surface area contributed by atoms with Crippen LogP contribution in [0, 0.1) is 30.6 Å². The lowest BCUT2D eigenvalue weighted by Gasteiger charge is -2.38. The number of carbonyl (C=O) groups excluding carboxylic acids is 5. The maximum atomic E-state index is 14.8. The zero-order valence-corrected chi connectivity index (χ0v) is 38.1. The van der Waals surface area contributed by atoms with Crippen LogP contribution in [0.2, 0.25) is 0 Å². The van der Waals surface area contributed by atoms with Gasteiger partial charge in [-0.15, -0.1) is 0 Å². The highest BCUT2D eigenvalue weighted by atomic mass is 16.7. The molecule has 4 heterocycles. The van der Waals surface area contributed by atoms with Crippen molar-refractivity contribution in [3.05, 3.63) is 99.6 Å². The Morgan fingerprint density at radius 2 is 1.58 bits per heavy atom. The van der Waals surface area contributed by atoms with E-state index in [2.05, 4.69) is 10.6 Å². The fourth-order valence-electron chi connectivity index (χ4n) is 8.66. The standard InChI is InChI=1S/C48H59N3O14/c1-24-11-10-12-25(2)46(58)50-36-37(51-18-21-62-22-19-51)42(56)33-34(41(36)55)40(54)29(6)44-35(33)45(57)48(7,65-44)63-20-17-32(61-9)26(3)43(28(5)39(53)27(4)38(24)52)64-47(59)49-23-30-13-15-31(60-8)16-14-30/h10-17,20,24,26-28,32,38-39,43,52-54H,18-19,21-23H2,1-9H3,(H,49,59)(H,50,58)/t24-,26+,27+,28+,32-,38-,39+,43+,48-/m0/s1. The van der Waals surface area contributed by atoms with E-state index in [4.69, 9.17) is 28.4 Å². The van der Waals surface area contributed by atoms with Gasteiger partial charge in [0.05, 0.1) is 61.6 Å². The predicted molar refractivity (Wildman–Crippen MR) is 235 cm³/mol. The van der Waals surface area contributed by atoms with Gasteiger partial charge in [-0.25, -0.2) is 4.79 Å². The number of hydrogen-bond acceptors (Lipinski definition) is 15. The minimum Gasteiger partial charge on any atom is -0.507 e. The Kier molecular flexibility index (Phi) is 14.9. The summed E-state index contributed by atoms with van der Waals surface area (Å²) in [4.78, 5) is 72.6. The van der Waals surface area contributed by atoms with Crippen LogP contribution in [0.3, 0.4) is 0 Å². The molecule has 1 fully saturated rings. The van der Waals surface area contributed by atoms with Crippen LogP contribution in [0.25, 0.3) is 0 Å². The number of ketones is 3. The fraction of sp³-hybridized carbons (Fsp3) is 0.479. The Hall–Kier alpha value is -6.01. The lowest BCUT2D eigenvalue weighted by Crippen LogP contribution is -2.47. The molecule has 17 heteroatoms. The third kappa shape index (κ3) is 9.69. The van der Waals surface area contributed by atoms with Crippen molar-refractivity contribution in [2.24, 2.45) is 23.7 Å². The van der Waals surface area contributed by atoms with Gasteiger partial charge in [0, 0.05) is 68.5 Å². The first-order valence-corrected chi connectivity index (χ1v) is 21.6. The molecule has 2 aromatic rings. The van der Waals surface area contributed by atoms with Crippen LogP contribution in [0.1, 0.15) is 83.7 Å². The molecule has 0 unspecified atom stereocenters. The van der Waals surface area contributed by atoms with Gasteiger partial charge in [0.1, 0.15) is 34.7 Å². The third-order valence-electron chi connectivity index (χ3n) is 12.8. The number of phenolic OH excluding ortho intramolecular Hbond substituents is 1. The second-order valence-electron chi connectivity index (χ2n) is 17.1. The minimum absolute atomic E-state index is 0.0106. The molecule has 2 amide bonds. The number of alkyl carbamates (subject to hydrolysis) is 1. The maximum Gasteiger partial charge on any atom is 0.407 e. The lowest BCUT2D eigenvalue weighted by molar-refractivity contribution is -0.116. The van der Waals surface area contributed by atoms with Crippen molar-refractivity contribution in [1.29, 1.82) is 0 Å². The van der Waals surface area contributed by atoms with Gasteiger partial charge < -0.3 is 59.3 Å². The summed E-state index contributed by atoms with van der Waals surface area (Å²) < 4.78 is 34.8. The number of fused-ring (bicyclic) bond motifs is 14. The van der Waals surface area contributed by atoms with Gasteiger partial charge >= 0.3 is 11.9 Å². The number of morpholine rings is 1. The van der Waals surface area contributed by atoms with Gasteiger partial charge in [0.2, 0.25) is 11.6 Å². The molecule has 7 rings (SSSR count). The molecule has 0 aromatic heterocycles. The molecule has 350 valence electrons. The zero-order valence-electron chi connectivity index (χ0n) is 38.1. The zero-order chi connectivity index (χ0) is 47.5. The number of methoxy groups -OCH3 is 2. The molecule has 2 aromatic carbocycles. The monoisotopic (exact) mass is 901 g/mol. The molecule has 5 bridgehead atoms. The number of phenols is 1. The number of allylic oxidation sites excluding steroid dienone is 4. The third-order valence-corrected chi connectivity index (χ3v) is 12.8. The van der Waals surface area contributed by atoms with Crippen molar-refractivity contribution in [3.8, 4) is 17.2 Å². The van der Waals surface area contributed by atoms with Crippen molar-refractivity contribution in [3.63, 3.8) is 0 Å². The highest BCUT2D eigenvalue weighted by molar-refractivity contribution is 6.32. The highest BCUT2D eigenvalue weighted by Gasteiger charge is 2.53. The molecule has 1 aliphatic carbocycles. The van der Waals surface area contributed by atoms with Gasteiger partial charge in [-0.05, 0) is 37.6 Å². The largest absolute Gasteiger partial charge is 0.507 e. The van der Waals surface area contributed by atoms with Gasteiger partial charge in [0.15, 0.2) is 0 Å². The van der Waals surface area contributed by atoms with Crippen LogP contribution >= 0.6 is 0 Å². The SMILES string of the molecule is COc1ccc(CNC(=O)O[C@H]2[C@H](C)[C@H](O)[C@H](C)[C@@H](O)[C@@H](C)C=CC=C(C)C(=O)NC3=C(N4CCOCC4)C(=O)c4c(c(O)c(C)c5c4C(=O)[C@@](C)(OC=C[C@H](OC)[C@H]2C)O5)C3=O)cc1. The Labute approximate surface area is 378 Å². The summed E-state index contributed by atoms with van der Waals surface area (Å²) >= 11 is 0. The predicted octanol–water partition coefficient (Wildman–Crippen LogP) is 4.66. The van der Waals surface area contributed by atoms with E-state index in [1.807, 2.05) is 0 Å². The first kappa shape index (κ1) is 48.4. The summed E-state index contributed by atoms with van der Waals surface area (Å²) in [7, 11) is 2.97. The van der Waals surface area contributed by atoms with Crippen LogP contribution in [0.15, 0.2) is 71.8 Å². The molecule has 9 atom stereocenters. The van der Waals surface area contributed by atoms with Gasteiger partial charge in [-0.2, -0.15) is 0 Å². The maximum absolute atomic E-state index is 14.8. The fourth-order valence-corrected chi connectivity index (χ4v) is 8.66. The van der Waals surface area contributed by atoms with Gasteiger partial charge in [-0.1, -0.05) is 58.1 Å². The minimum atomic E-state index is -2.11. The molecule has 4 aliphatic heterocycles. The summed E-state index contributed by atoms with van der Waals surface area (Å²) in [5.41, 5.74) is -0.777. The normalized spacial score (nSPS) is 28.9. The summed E-state index contributed by atoms with van der Waals surface area (Å²) in [5, 5.41) is 40.3. The van der Waals surface area contributed by atoms with Crippen molar-refractivity contribution in [1.82, 2.24) is 15.5 Å². The molecule has 0 spiro atoms. The average Bonchev–Trinajstić information content (AvgIpc) is 3.57. The molecular formula is C48H59N3O14. The summed E-state index contributed by atoms with van der Waals surface area (Å²) in [6.45, 7) is 12.0. The molecular weight excluding hydrogens is 843 g/mol. The van der Waals surface area contributed by atoms with Gasteiger partial charge in [0.25, 0.3) is 11.7 Å². The second-order valence-corrected chi connectivity index (χ2v) is 17.1. The Morgan fingerprint density at radius 1 is 0.908 bits per heavy atom. The number of nitrogens with one attached hydrogen (secondary N) is 2. The molecule has 0 radical (unpaired) electrons. The van der Waals surface area contributed by atoms with Crippen LogP contribution < -0.4 is 20.1 Å². The smallest absolute Gasteiger partial charge is 0.407 e. The number of benzene rings is 2. The number of aliphatic hydroxyl groups is 2. The van der Waals surface area contributed by atoms with Crippen LogP contribution in [-0.4, -0.2) is 120 Å². The van der Waals surface area contributed by atoms with Crippen LogP contribution in [-0.2, 0) is 30.3 Å². The average molecular weight is 902 g/mol. The number of aromatic hydroxyl groups is 1.